The minimum atomic E-state index is -0.816. The van der Waals surface area contributed by atoms with Crippen LogP contribution in [0.25, 0.3) is 5.76 Å². The summed E-state index contributed by atoms with van der Waals surface area (Å²) in [6.45, 7) is 1.04. The van der Waals surface area contributed by atoms with Crippen LogP contribution in [0.4, 0.5) is 0 Å². The van der Waals surface area contributed by atoms with Gasteiger partial charge >= 0.3 is 0 Å². The second kappa shape index (κ2) is 7.67. The molecule has 0 bridgehead atoms. The molecule has 9 nitrogen and oxygen atoms in total. The lowest BCUT2D eigenvalue weighted by molar-refractivity contribution is -0.140. The van der Waals surface area contributed by atoms with Gasteiger partial charge in [-0.1, -0.05) is 0 Å². The van der Waals surface area contributed by atoms with E-state index in [9.17, 15) is 14.7 Å². The molecular weight excluding hydrogens is 402 g/mol. The fourth-order valence-corrected chi connectivity index (χ4v) is 3.90. The van der Waals surface area contributed by atoms with Gasteiger partial charge in [0.05, 0.1) is 18.2 Å². The Morgan fingerprint density at radius 3 is 2.81 bits per heavy atom. The summed E-state index contributed by atoms with van der Waals surface area (Å²) in [6, 6.07) is 7.41. The molecule has 158 valence electrons. The van der Waals surface area contributed by atoms with Gasteiger partial charge in [-0.15, -0.1) is 0 Å². The highest BCUT2D eigenvalue weighted by molar-refractivity contribution is 6.46. The van der Waals surface area contributed by atoms with Gasteiger partial charge in [0.2, 0.25) is 6.79 Å². The summed E-state index contributed by atoms with van der Waals surface area (Å²) in [7, 11) is 0. The van der Waals surface area contributed by atoms with Crippen molar-refractivity contribution >= 4 is 17.4 Å². The molecule has 2 aliphatic heterocycles. The third-order valence-electron chi connectivity index (χ3n) is 5.37. The minimum Gasteiger partial charge on any atom is -0.507 e. The minimum absolute atomic E-state index is 0.0125. The molecule has 0 aliphatic carbocycles. The van der Waals surface area contributed by atoms with Gasteiger partial charge in [-0.2, -0.15) is 0 Å². The van der Waals surface area contributed by atoms with Crippen molar-refractivity contribution in [1.82, 2.24) is 14.5 Å². The zero-order valence-electron chi connectivity index (χ0n) is 16.4. The molecule has 0 radical (unpaired) electrons. The number of furan rings is 1. The Morgan fingerprint density at radius 1 is 1.16 bits per heavy atom. The standard InChI is InChI=1S/C22H19N3O6/c26-20(14-4-5-15-17(11-14)31-13-30-15)18-19(16-3-1-10-29-16)25(22(28)21(18)27)8-2-7-24-9-6-23-12-24/h1,3-6,9-12,19,26H,2,7-8,13H2/t19-/m1/s1. The molecule has 1 fully saturated rings. The first-order valence-electron chi connectivity index (χ1n) is 9.81. The van der Waals surface area contributed by atoms with Crippen LogP contribution in [0.15, 0.2) is 65.3 Å². The lowest BCUT2D eigenvalue weighted by Gasteiger charge is -2.23. The predicted octanol–water partition coefficient (Wildman–Crippen LogP) is 2.72. The summed E-state index contributed by atoms with van der Waals surface area (Å²) in [5, 5.41) is 11.0. The van der Waals surface area contributed by atoms with Crippen LogP contribution in [-0.4, -0.2) is 44.6 Å². The van der Waals surface area contributed by atoms with E-state index in [4.69, 9.17) is 13.9 Å². The number of likely N-dealkylation sites (tertiary alicyclic amines) is 1. The van der Waals surface area contributed by atoms with E-state index < -0.39 is 17.7 Å². The van der Waals surface area contributed by atoms with Gasteiger partial charge in [-0.3, -0.25) is 9.59 Å². The number of hydrogen-bond acceptors (Lipinski definition) is 7. The van der Waals surface area contributed by atoms with Crippen molar-refractivity contribution in [3.8, 4) is 11.5 Å². The summed E-state index contributed by atoms with van der Waals surface area (Å²) < 4.78 is 18.1. The van der Waals surface area contributed by atoms with Crippen LogP contribution < -0.4 is 9.47 Å². The highest BCUT2D eigenvalue weighted by Gasteiger charge is 2.47. The number of Topliss-reactive ketones (excluding diaryl/α,β-unsaturated/α-hetero) is 1. The molecule has 5 rings (SSSR count). The molecule has 1 amide bonds. The number of ketones is 1. The second-order valence-electron chi connectivity index (χ2n) is 7.23. The first-order chi connectivity index (χ1) is 15.1. The Bertz CT molecular complexity index is 1150. The van der Waals surface area contributed by atoms with Crippen LogP contribution in [0.3, 0.4) is 0 Å². The molecule has 31 heavy (non-hydrogen) atoms. The van der Waals surface area contributed by atoms with Gasteiger partial charge in [0.15, 0.2) is 11.5 Å². The van der Waals surface area contributed by atoms with Crippen LogP contribution in [0.2, 0.25) is 0 Å². The van der Waals surface area contributed by atoms with E-state index in [0.717, 1.165) is 0 Å². The number of aliphatic hydroxyl groups is 1. The van der Waals surface area contributed by atoms with Crippen molar-refractivity contribution in [2.75, 3.05) is 13.3 Å². The number of benzene rings is 1. The van der Waals surface area contributed by atoms with Gasteiger partial charge in [-0.05, 0) is 36.8 Å². The highest BCUT2D eigenvalue weighted by Crippen LogP contribution is 2.41. The SMILES string of the molecule is O=C1C(=O)N(CCCn2ccnc2)[C@H](c2ccco2)C1=C(O)c1ccc2c(c1)OCO2. The van der Waals surface area contributed by atoms with E-state index in [0.29, 0.717) is 42.3 Å². The third kappa shape index (κ3) is 3.33. The molecule has 1 atom stereocenters. The van der Waals surface area contributed by atoms with Gasteiger partial charge < -0.3 is 28.5 Å². The molecular formula is C22H19N3O6. The van der Waals surface area contributed by atoms with E-state index in [2.05, 4.69) is 4.98 Å². The van der Waals surface area contributed by atoms with Gasteiger partial charge in [0.1, 0.15) is 17.6 Å². The molecule has 1 saturated heterocycles. The Balaban J connectivity index is 1.50. The summed E-state index contributed by atoms with van der Waals surface area (Å²) in [5.74, 6) is -0.278. The molecule has 0 spiro atoms. The van der Waals surface area contributed by atoms with E-state index in [-0.39, 0.29) is 18.1 Å². The number of amides is 1. The van der Waals surface area contributed by atoms with Gasteiger partial charge in [0, 0.05) is 31.0 Å². The fraction of sp³-hybridized carbons (Fsp3) is 0.227. The van der Waals surface area contributed by atoms with Crippen molar-refractivity contribution < 1.29 is 28.6 Å². The number of nitrogens with zero attached hydrogens (tertiary/aromatic N) is 3. The second-order valence-corrected chi connectivity index (χ2v) is 7.23. The van der Waals surface area contributed by atoms with Crippen molar-refractivity contribution in [3.05, 3.63) is 72.2 Å². The maximum atomic E-state index is 12.9. The Hall–Kier alpha value is -4.01. The monoisotopic (exact) mass is 421 g/mol. The van der Waals surface area contributed by atoms with Gasteiger partial charge in [-0.25, -0.2) is 4.98 Å². The molecule has 0 unspecified atom stereocenters. The summed E-state index contributed by atoms with van der Waals surface area (Å²) in [6.07, 6.45) is 7.28. The van der Waals surface area contributed by atoms with Crippen LogP contribution in [0.1, 0.15) is 23.8 Å². The number of hydrogen-bond donors (Lipinski definition) is 1. The van der Waals surface area contributed by atoms with Crippen LogP contribution in [0, 0.1) is 0 Å². The lowest BCUT2D eigenvalue weighted by Crippen LogP contribution is -2.31. The first kappa shape index (κ1) is 19.0. The number of carbonyl (C=O) groups is 2. The zero-order chi connectivity index (χ0) is 21.4. The third-order valence-corrected chi connectivity index (χ3v) is 5.37. The number of aromatic nitrogens is 2. The Labute approximate surface area is 177 Å². The number of imidazole rings is 1. The molecule has 3 aromatic rings. The summed E-state index contributed by atoms with van der Waals surface area (Å²) in [5.41, 5.74) is 0.346. The van der Waals surface area contributed by atoms with Crippen LogP contribution in [0.5, 0.6) is 11.5 Å². The molecule has 4 heterocycles. The lowest BCUT2D eigenvalue weighted by atomic mass is 9.99. The number of rotatable bonds is 6. The average molecular weight is 421 g/mol. The average Bonchev–Trinajstić information content (AvgIpc) is 3.57. The molecule has 1 N–H and O–H groups in total. The number of aryl methyl sites for hydroxylation is 1. The molecule has 2 aromatic heterocycles. The molecule has 0 saturated carbocycles. The number of fused-ring (bicyclic) bond motifs is 1. The fourth-order valence-electron chi connectivity index (χ4n) is 3.90. The molecule has 2 aliphatic rings. The van der Waals surface area contributed by atoms with Crippen molar-refractivity contribution in [2.24, 2.45) is 0 Å². The maximum absolute atomic E-state index is 12.9. The van der Waals surface area contributed by atoms with Crippen molar-refractivity contribution in [1.29, 1.82) is 0 Å². The van der Waals surface area contributed by atoms with Crippen molar-refractivity contribution in [2.45, 2.75) is 19.0 Å². The number of aliphatic hydroxyl groups excluding tert-OH is 1. The van der Waals surface area contributed by atoms with Crippen molar-refractivity contribution in [3.63, 3.8) is 0 Å². The van der Waals surface area contributed by atoms with E-state index in [1.165, 1.54) is 11.2 Å². The first-order valence-corrected chi connectivity index (χ1v) is 9.81. The topological polar surface area (TPSA) is 107 Å². The Morgan fingerprint density at radius 2 is 2.03 bits per heavy atom. The maximum Gasteiger partial charge on any atom is 0.295 e. The quantitative estimate of drug-likeness (QED) is 0.370. The molecule has 9 heteroatoms. The molecule has 1 aromatic carbocycles. The van der Waals surface area contributed by atoms with Crippen LogP contribution in [-0.2, 0) is 16.1 Å². The summed E-state index contributed by atoms with van der Waals surface area (Å²) in [4.78, 5) is 31.2. The van der Waals surface area contributed by atoms with E-state index in [1.54, 1.807) is 42.9 Å². The Kier molecular flexibility index (Phi) is 4.70. The van der Waals surface area contributed by atoms with E-state index in [1.807, 2.05) is 10.8 Å². The number of ether oxygens (including phenoxy) is 2. The normalized spacial score (nSPS) is 19.4. The van der Waals surface area contributed by atoms with E-state index >= 15 is 0 Å². The smallest absolute Gasteiger partial charge is 0.295 e. The number of carbonyl (C=O) groups excluding carboxylic acids is 2. The summed E-state index contributed by atoms with van der Waals surface area (Å²) >= 11 is 0. The van der Waals surface area contributed by atoms with Crippen LogP contribution >= 0.6 is 0 Å². The van der Waals surface area contributed by atoms with Gasteiger partial charge in [0.25, 0.3) is 11.7 Å². The zero-order valence-corrected chi connectivity index (χ0v) is 16.4. The predicted molar refractivity (Wildman–Crippen MR) is 107 cm³/mol. The highest BCUT2D eigenvalue weighted by atomic mass is 16.7. The largest absolute Gasteiger partial charge is 0.507 e.